The van der Waals surface area contributed by atoms with Crippen molar-refractivity contribution in [1.29, 1.82) is 0 Å². The van der Waals surface area contributed by atoms with E-state index in [0.717, 1.165) is 50.0 Å². The largest absolute Gasteiger partial charge is 0.461 e. The zero-order chi connectivity index (χ0) is 23.7. The van der Waals surface area contributed by atoms with Crippen LogP contribution in [-0.4, -0.2) is 42.9 Å². The molecule has 6 aliphatic rings. The van der Waals surface area contributed by atoms with Crippen molar-refractivity contribution in [2.75, 3.05) is 13.1 Å². The van der Waals surface area contributed by atoms with Crippen LogP contribution >= 0.6 is 0 Å². The molecule has 188 valence electrons. The van der Waals surface area contributed by atoms with Crippen LogP contribution in [0.4, 0.5) is 0 Å². The van der Waals surface area contributed by atoms with Gasteiger partial charge in [0.2, 0.25) is 0 Å². The number of carbonyl (C=O) groups is 1. The third-order valence-corrected chi connectivity index (χ3v) is 11.3. The first kappa shape index (κ1) is 23.2. The van der Waals surface area contributed by atoms with E-state index in [9.17, 15) is 4.79 Å². The van der Waals surface area contributed by atoms with E-state index in [2.05, 4.69) is 25.7 Å². The molecule has 2 aliphatic heterocycles. The van der Waals surface area contributed by atoms with Crippen molar-refractivity contribution >= 4 is 5.97 Å². The van der Waals surface area contributed by atoms with Gasteiger partial charge in [0, 0.05) is 6.42 Å². The second-order valence-corrected chi connectivity index (χ2v) is 12.7. The van der Waals surface area contributed by atoms with Gasteiger partial charge < -0.3 is 20.5 Å². The van der Waals surface area contributed by atoms with Gasteiger partial charge in [-0.05, 0) is 112 Å². The molecule has 0 aromatic heterocycles. The van der Waals surface area contributed by atoms with Gasteiger partial charge in [-0.15, -0.1) is 0 Å². The number of nitrogens with one attached hydrogen (secondary N) is 1. The van der Waals surface area contributed by atoms with Crippen LogP contribution in [-0.2, 0) is 14.3 Å². The van der Waals surface area contributed by atoms with Crippen molar-refractivity contribution < 1.29 is 14.3 Å². The second-order valence-electron chi connectivity index (χ2n) is 12.7. The first-order chi connectivity index (χ1) is 16.3. The number of hydrogen-bond donors (Lipinski definition) is 2. The summed E-state index contributed by atoms with van der Waals surface area (Å²) in [5.41, 5.74) is 10.4. The smallest absolute Gasteiger partial charge is 0.319 e. The maximum absolute atomic E-state index is 11.8. The summed E-state index contributed by atoms with van der Waals surface area (Å²) in [7, 11) is 0. The van der Waals surface area contributed by atoms with Crippen molar-refractivity contribution in [3.8, 4) is 0 Å². The molecule has 9 atom stereocenters. The number of carbonyl (C=O) groups excluding carboxylic acids is 1. The van der Waals surface area contributed by atoms with Gasteiger partial charge in [-0.25, -0.2) is 0 Å². The third-order valence-electron chi connectivity index (χ3n) is 11.3. The van der Waals surface area contributed by atoms with E-state index in [-0.39, 0.29) is 24.2 Å². The number of esters is 1. The van der Waals surface area contributed by atoms with Crippen molar-refractivity contribution in [3.63, 3.8) is 0 Å². The summed E-state index contributed by atoms with van der Waals surface area (Å²) in [4.78, 5) is 11.8. The standard InChI is InChI=1S/C29H44N2O3/c1-17-15-29(18(2)27-25(34-29)5-4-12-31-27)11-9-21-22-7-6-19-13-20(33-26(32)16-30)8-10-28(19,3)24(22)14-23(17)21/h19-22,24-25,27,31H,2,4-16,30H2,1,3H3/t19?,20?,21-,22?,24-,25+,27-,28?,29?/m0/s1. The van der Waals surface area contributed by atoms with Crippen LogP contribution in [0.1, 0.15) is 84.5 Å². The maximum Gasteiger partial charge on any atom is 0.319 e. The second kappa shape index (κ2) is 8.45. The summed E-state index contributed by atoms with van der Waals surface area (Å²) in [6, 6.07) is 0.357. The third kappa shape index (κ3) is 3.48. The molecular weight excluding hydrogens is 424 g/mol. The molecule has 5 unspecified atom stereocenters. The van der Waals surface area contributed by atoms with Crippen LogP contribution in [0, 0.1) is 29.1 Å². The summed E-state index contributed by atoms with van der Waals surface area (Å²) >= 11 is 0. The summed E-state index contributed by atoms with van der Waals surface area (Å²) in [6.45, 7) is 10.7. The summed E-state index contributed by atoms with van der Waals surface area (Å²) in [6.07, 6.45) is 13.3. The summed E-state index contributed by atoms with van der Waals surface area (Å²) < 4.78 is 12.5. The molecule has 0 aromatic carbocycles. The zero-order valence-electron chi connectivity index (χ0n) is 21.2. The van der Waals surface area contributed by atoms with Crippen LogP contribution < -0.4 is 11.1 Å². The number of allylic oxidation sites excluding steroid dienone is 1. The van der Waals surface area contributed by atoms with Gasteiger partial charge in [0.25, 0.3) is 0 Å². The van der Waals surface area contributed by atoms with Crippen molar-refractivity contribution in [2.45, 2.75) is 108 Å². The Kier molecular flexibility index (Phi) is 5.78. The Labute approximate surface area is 205 Å². The lowest BCUT2D eigenvalue weighted by molar-refractivity contribution is -0.155. The van der Waals surface area contributed by atoms with Gasteiger partial charge in [0.1, 0.15) is 6.10 Å². The Morgan fingerprint density at radius 3 is 2.88 bits per heavy atom. The fourth-order valence-electron chi connectivity index (χ4n) is 9.51. The number of hydrogen-bond acceptors (Lipinski definition) is 5. The van der Waals surface area contributed by atoms with E-state index in [1.807, 2.05) is 0 Å². The number of ether oxygens (including phenoxy) is 2. The Morgan fingerprint density at radius 1 is 1.24 bits per heavy atom. The van der Waals surface area contributed by atoms with Gasteiger partial charge in [-0.3, -0.25) is 4.79 Å². The van der Waals surface area contributed by atoms with Gasteiger partial charge in [-0.1, -0.05) is 24.6 Å². The number of rotatable bonds is 2. The molecule has 34 heavy (non-hydrogen) atoms. The number of nitrogens with two attached hydrogens (primary N) is 1. The molecule has 1 spiro atoms. The highest BCUT2D eigenvalue weighted by Gasteiger charge is 2.58. The van der Waals surface area contributed by atoms with Crippen molar-refractivity contribution in [3.05, 3.63) is 23.3 Å². The van der Waals surface area contributed by atoms with Crippen LogP contribution in [0.3, 0.4) is 0 Å². The molecule has 6 rings (SSSR count). The average Bonchev–Trinajstić information content (AvgIpc) is 3.30. The first-order valence-corrected chi connectivity index (χ1v) is 14.0. The van der Waals surface area contributed by atoms with Crippen molar-refractivity contribution in [1.82, 2.24) is 5.32 Å². The molecule has 0 amide bonds. The van der Waals surface area contributed by atoms with Crippen LogP contribution in [0.2, 0.25) is 0 Å². The molecule has 3 saturated carbocycles. The van der Waals surface area contributed by atoms with E-state index in [1.54, 1.807) is 11.1 Å². The van der Waals surface area contributed by atoms with Crippen LogP contribution in [0.5, 0.6) is 0 Å². The summed E-state index contributed by atoms with van der Waals surface area (Å²) in [5, 5.41) is 3.71. The minimum atomic E-state index is -0.245. The highest BCUT2D eigenvalue weighted by Crippen LogP contribution is 2.65. The van der Waals surface area contributed by atoms with E-state index in [0.29, 0.717) is 23.5 Å². The lowest BCUT2D eigenvalue weighted by Crippen LogP contribution is -2.48. The molecule has 0 bridgehead atoms. The molecule has 2 saturated heterocycles. The summed E-state index contributed by atoms with van der Waals surface area (Å²) in [5.74, 6) is 2.73. The predicted octanol–water partition coefficient (Wildman–Crippen LogP) is 4.66. The van der Waals surface area contributed by atoms with Gasteiger partial charge in [0.05, 0.1) is 24.3 Å². The van der Waals surface area contributed by atoms with Crippen LogP contribution in [0.25, 0.3) is 0 Å². The molecule has 0 radical (unpaired) electrons. The molecule has 5 fully saturated rings. The monoisotopic (exact) mass is 468 g/mol. The minimum Gasteiger partial charge on any atom is -0.461 e. The Hall–Kier alpha value is -1.17. The number of piperidine rings is 1. The fourth-order valence-corrected chi connectivity index (χ4v) is 9.51. The number of fused-ring (bicyclic) bond motifs is 6. The van der Waals surface area contributed by atoms with Crippen molar-refractivity contribution in [2.24, 2.45) is 34.8 Å². The quantitative estimate of drug-likeness (QED) is 0.456. The maximum atomic E-state index is 11.8. The molecule has 5 heteroatoms. The average molecular weight is 469 g/mol. The zero-order valence-corrected chi connectivity index (χ0v) is 21.2. The predicted molar refractivity (Wildman–Crippen MR) is 133 cm³/mol. The molecule has 2 heterocycles. The topological polar surface area (TPSA) is 73.6 Å². The van der Waals surface area contributed by atoms with Gasteiger partial charge in [0.15, 0.2) is 0 Å². The molecule has 5 nitrogen and oxygen atoms in total. The highest BCUT2D eigenvalue weighted by atomic mass is 16.5. The van der Waals surface area contributed by atoms with E-state index < -0.39 is 0 Å². The Balaban J connectivity index is 1.22. The minimum absolute atomic E-state index is 0.00652. The normalized spacial score (nSPS) is 48.1. The van der Waals surface area contributed by atoms with E-state index in [1.165, 1.54) is 50.5 Å². The molecule has 3 N–H and O–H groups in total. The lowest BCUT2D eigenvalue weighted by Gasteiger charge is -2.54. The Morgan fingerprint density at radius 2 is 2.09 bits per heavy atom. The molecule has 0 aromatic rings. The Bertz CT molecular complexity index is 898. The van der Waals surface area contributed by atoms with Gasteiger partial charge >= 0.3 is 5.97 Å². The first-order valence-electron chi connectivity index (χ1n) is 14.0. The van der Waals surface area contributed by atoms with Crippen LogP contribution in [0.15, 0.2) is 23.3 Å². The fraction of sp³-hybridized carbons (Fsp3) is 0.828. The van der Waals surface area contributed by atoms with E-state index in [4.69, 9.17) is 15.2 Å². The molecule has 4 aliphatic carbocycles. The molecular formula is C29H44N2O3. The SMILES string of the molecule is C=C1[C@@H]2NCCC[C@H]2OC12CC[C@@H]1C(=C(C)C2)C[C@H]2C1CCC1CC(OC(=O)CN)CCC12C. The lowest BCUT2D eigenvalue weighted by atomic mass is 9.52. The highest BCUT2D eigenvalue weighted by molar-refractivity contribution is 5.71. The van der Waals surface area contributed by atoms with Gasteiger partial charge in [-0.2, -0.15) is 0 Å². The van der Waals surface area contributed by atoms with E-state index >= 15 is 0 Å².